The van der Waals surface area contributed by atoms with Gasteiger partial charge in [-0.2, -0.15) is 0 Å². The smallest absolute Gasteiger partial charge is 0.176 e. The molecule has 0 N–H and O–H groups in total. The van der Waals surface area contributed by atoms with Gasteiger partial charge in [-0.25, -0.2) is 4.98 Å². The molecule has 0 spiro atoms. The number of fused-ring (bicyclic) bond motifs is 1. The van der Waals surface area contributed by atoms with Gasteiger partial charge in [0.15, 0.2) is 11.4 Å². The summed E-state index contributed by atoms with van der Waals surface area (Å²) in [5.41, 5.74) is 2.13. The van der Waals surface area contributed by atoms with Crippen molar-refractivity contribution in [1.82, 2.24) is 9.88 Å². The summed E-state index contributed by atoms with van der Waals surface area (Å²) in [7, 11) is 2.17. The Hall–Kier alpha value is -2.38. The van der Waals surface area contributed by atoms with E-state index < -0.39 is 0 Å². The van der Waals surface area contributed by atoms with Crippen molar-refractivity contribution in [3.8, 4) is 0 Å². The van der Waals surface area contributed by atoms with Gasteiger partial charge in [-0.1, -0.05) is 18.2 Å². The average molecular weight is 382 g/mol. The lowest BCUT2D eigenvalue weighted by molar-refractivity contribution is 0.312. The molecular formula is C20H23N5OS. The highest BCUT2D eigenvalue weighted by atomic mass is 32.2. The Kier molecular flexibility index (Phi) is 4.33. The lowest BCUT2D eigenvalue weighted by atomic mass is 10.2. The van der Waals surface area contributed by atoms with E-state index in [-0.39, 0.29) is 0 Å². The molecule has 0 bridgehead atoms. The molecule has 7 heteroatoms. The van der Waals surface area contributed by atoms with E-state index in [0.717, 1.165) is 61.9 Å². The van der Waals surface area contributed by atoms with E-state index >= 15 is 0 Å². The standard InChI is InChI=1S/C20H23N5OS/c1-22-8-10-23(11-9-22)20-19-16(7-14-26-19)15-18(21-20)25-13-12-24(27-25)17-5-3-2-4-6-17/h2-7,14-15H,8-13H2,1H3. The monoisotopic (exact) mass is 381 g/mol. The molecule has 0 amide bonds. The zero-order chi connectivity index (χ0) is 18.2. The minimum absolute atomic E-state index is 0.896. The number of anilines is 3. The summed E-state index contributed by atoms with van der Waals surface area (Å²) in [5, 5.41) is 1.12. The minimum atomic E-state index is 0.896. The zero-order valence-corrected chi connectivity index (χ0v) is 16.2. The normalized spacial score (nSPS) is 18.6. The fourth-order valence-corrected chi connectivity index (χ4v) is 4.57. The van der Waals surface area contributed by atoms with E-state index in [9.17, 15) is 0 Å². The number of hydrogen-bond acceptors (Lipinski definition) is 7. The highest BCUT2D eigenvalue weighted by Crippen LogP contribution is 2.37. The van der Waals surface area contributed by atoms with Gasteiger partial charge in [0, 0.05) is 43.8 Å². The summed E-state index contributed by atoms with van der Waals surface area (Å²) < 4.78 is 10.4. The molecule has 3 aromatic rings. The van der Waals surface area contributed by atoms with Gasteiger partial charge in [0.05, 0.1) is 24.9 Å². The molecule has 0 unspecified atom stereocenters. The summed E-state index contributed by atoms with van der Waals surface area (Å²) in [5.74, 6) is 1.97. The molecule has 2 aromatic heterocycles. The third-order valence-electron chi connectivity index (χ3n) is 5.21. The molecule has 1 aromatic carbocycles. The van der Waals surface area contributed by atoms with E-state index in [4.69, 9.17) is 9.40 Å². The van der Waals surface area contributed by atoms with Crippen molar-refractivity contribution in [2.24, 2.45) is 0 Å². The molecule has 140 valence electrons. The second kappa shape index (κ2) is 6.98. The fourth-order valence-electron chi connectivity index (χ4n) is 3.61. The molecule has 0 saturated carbocycles. The number of furan rings is 1. The number of nitrogens with zero attached hydrogens (tertiary/aromatic N) is 5. The van der Waals surface area contributed by atoms with Crippen LogP contribution < -0.4 is 13.5 Å². The summed E-state index contributed by atoms with van der Waals surface area (Å²) in [6.07, 6.45) is 1.77. The Morgan fingerprint density at radius 1 is 0.926 bits per heavy atom. The highest BCUT2D eigenvalue weighted by molar-refractivity contribution is 8.02. The number of piperazine rings is 1. The zero-order valence-electron chi connectivity index (χ0n) is 15.4. The van der Waals surface area contributed by atoms with Gasteiger partial charge in [-0.15, -0.1) is 0 Å². The Balaban J connectivity index is 1.44. The van der Waals surface area contributed by atoms with E-state index in [2.05, 4.69) is 61.9 Å². The van der Waals surface area contributed by atoms with Crippen LogP contribution in [0.25, 0.3) is 11.0 Å². The first-order valence-corrected chi connectivity index (χ1v) is 10.1. The molecule has 2 aliphatic heterocycles. The Labute approximate surface area is 163 Å². The molecule has 0 aliphatic carbocycles. The van der Waals surface area contributed by atoms with Crippen LogP contribution in [0.15, 0.2) is 53.1 Å². The van der Waals surface area contributed by atoms with Gasteiger partial charge >= 0.3 is 0 Å². The highest BCUT2D eigenvalue weighted by Gasteiger charge is 2.26. The maximum absolute atomic E-state index is 5.78. The summed E-state index contributed by atoms with van der Waals surface area (Å²) >= 11 is 1.73. The Bertz CT molecular complexity index is 923. The molecule has 6 nitrogen and oxygen atoms in total. The van der Waals surface area contributed by atoms with Gasteiger partial charge in [-0.05, 0) is 31.3 Å². The number of pyridine rings is 1. The first kappa shape index (κ1) is 16.8. The summed E-state index contributed by atoms with van der Waals surface area (Å²) in [6.45, 7) is 5.97. The lowest BCUT2D eigenvalue weighted by Crippen LogP contribution is -2.45. The van der Waals surface area contributed by atoms with Crippen LogP contribution in [-0.4, -0.2) is 56.2 Å². The van der Waals surface area contributed by atoms with Crippen molar-refractivity contribution >= 4 is 40.4 Å². The predicted octanol–water partition coefficient (Wildman–Crippen LogP) is 3.47. The van der Waals surface area contributed by atoms with Gasteiger partial charge < -0.3 is 14.2 Å². The molecule has 2 fully saturated rings. The number of likely N-dealkylation sites (N-methyl/N-ethyl adjacent to an activating group) is 1. The quantitative estimate of drug-likeness (QED) is 0.643. The van der Waals surface area contributed by atoms with E-state index in [1.54, 1.807) is 18.4 Å². The van der Waals surface area contributed by atoms with Crippen LogP contribution in [0.2, 0.25) is 0 Å². The molecular weight excluding hydrogens is 358 g/mol. The fraction of sp³-hybridized carbons (Fsp3) is 0.350. The van der Waals surface area contributed by atoms with E-state index in [1.165, 1.54) is 5.69 Å². The second-order valence-electron chi connectivity index (χ2n) is 7.05. The largest absolute Gasteiger partial charge is 0.460 e. The van der Waals surface area contributed by atoms with Crippen LogP contribution in [0.3, 0.4) is 0 Å². The Morgan fingerprint density at radius 3 is 2.52 bits per heavy atom. The first-order chi connectivity index (χ1) is 13.3. The summed E-state index contributed by atoms with van der Waals surface area (Å²) in [4.78, 5) is 9.73. The van der Waals surface area contributed by atoms with Crippen molar-refractivity contribution in [2.45, 2.75) is 0 Å². The van der Waals surface area contributed by atoms with Crippen LogP contribution in [-0.2, 0) is 0 Å². The van der Waals surface area contributed by atoms with Crippen molar-refractivity contribution < 1.29 is 4.42 Å². The molecule has 0 atom stereocenters. The predicted molar refractivity (Wildman–Crippen MR) is 112 cm³/mol. The van der Waals surface area contributed by atoms with Crippen LogP contribution in [0.5, 0.6) is 0 Å². The van der Waals surface area contributed by atoms with E-state index in [1.807, 2.05) is 6.07 Å². The molecule has 2 aliphatic rings. The number of aromatic nitrogens is 1. The van der Waals surface area contributed by atoms with Gasteiger partial charge in [0.1, 0.15) is 5.82 Å². The Morgan fingerprint density at radius 2 is 1.70 bits per heavy atom. The van der Waals surface area contributed by atoms with Crippen molar-refractivity contribution in [3.63, 3.8) is 0 Å². The molecule has 0 radical (unpaired) electrons. The molecule has 4 heterocycles. The van der Waals surface area contributed by atoms with Crippen molar-refractivity contribution in [1.29, 1.82) is 0 Å². The minimum Gasteiger partial charge on any atom is -0.460 e. The van der Waals surface area contributed by atoms with Gasteiger partial charge in [-0.3, -0.25) is 8.61 Å². The third kappa shape index (κ3) is 3.21. The number of benzene rings is 1. The van der Waals surface area contributed by atoms with Crippen LogP contribution in [0.4, 0.5) is 17.3 Å². The maximum atomic E-state index is 5.78. The molecule has 5 rings (SSSR count). The number of rotatable bonds is 3. The molecule has 27 heavy (non-hydrogen) atoms. The van der Waals surface area contributed by atoms with Gasteiger partial charge in [0.25, 0.3) is 0 Å². The first-order valence-electron chi connectivity index (χ1n) is 9.38. The SMILES string of the molecule is CN1CCN(c2nc(N3CCN(c4ccccc4)S3)cc3ccoc23)CC1. The average Bonchev–Trinajstić information content (AvgIpc) is 3.38. The van der Waals surface area contributed by atoms with Gasteiger partial charge in [0.2, 0.25) is 0 Å². The number of hydrogen-bond donors (Lipinski definition) is 0. The lowest BCUT2D eigenvalue weighted by Gasteiger charge is -2.33. The maximum Gasteiger partial charge on any atom is 0.176 e. The van der Waals surface area contributed by atoms with Crippen LogP contribution in [0, 0.1) is 0 Å². The van der Waals surface area contributed by atoms with Crippen molar-refractivity contribution in [2.75, 3.05) is 59.8 Å². The van der Waals surface area contributed by atoms with Crippen LogP contribution in [0.1, 0.15) is 0 Å². The summed E-state index contributed by atoms with van der Waals surface area (Å²) in [6, 6.07) is 14.7. The second-order valence-corrected chi connectivity index (χ2v) is 8.10. The van der Waals surface area contributed by atoms with E-state index in [0.29, 0.717) is 0 Å². The number of para-hydroxylation sites is 1. The third-order valence-corrected chi connectivity index (χ3v) is 6.37. The van der Waals surface area contributed by atoms with Crippen LogP contribution >= 0.6 is 12.1 Å². The molecule has 2 saturated heterocycles. The topological polar surface area (TPSA) is 39.0 Å². The van der Waals surface area contributed by atoms with Crippen molar-refractivity contribution in [3.05, 3.63) is 48.7 Å².